The average Bonchev–Trinajstić information content (AvgIpc) is 3.35. The van der Waals surface area contributed by atoms with Gasteiger partial charge in [-0.3, -0.25) is 0 Å². The topological polar surface area (TPSA) is 57.4 Å². The maximum absolute atomic E-state index is 5.52. The first-order chi connectivity index (χ1) is 15.7. The molecule has 32 heavy (non-hydrogen) atoms. The monoisotopic (exact) mass is 434 g/mol. The van der Waals surface area contributed by atoms with E-state index in [0.717, 1.165) is 17.0 Å². The maximum atomic E-state index is 5.52. The van der Waals surface area contributed by atoms with Gasteiger partial charge in [0.05, 0.1) is 14.2 Å². The van der Waals surface area contributed by atoms with E-state index in [4.69, 9.17) is 14.0 Å². The molecule has 5 nitrogen and oxygen atoms in total. The molecule has 0 bridgehead atoms. The summed E-state index contributed by atoms with van der Waals surface area (Å²) >= 11 is 0. The second kappa shape index (κ2) is 10.7. The number of rotatable bonds is 9. The molecule has 1 aromatic heterocycles. The lowest BCUT2D eigenvalue weighted by molar-refractivity contribution is 0.303. The number of methoxy groups -OCH3 is 2. The van der Waals surface area contributed by atoms with E-state index in [2.05, 4.69) is 41.3 Å². The molecule has 1 saturated carbocycles. The number of ether oxygens (including phenoxy) is 2. The number of nitrogens with zero attached hydrogens (tertiary/aromatic N) is 2. The molecule has 170 valence electrons. The van der Waals surface area contributed by atoms with Gasteiger partial charge in [-0.25, -0.2) is 0 Å². The molecule has 3 aromatic rings. The van der Waals surface area contributed by atoms with Crippen molar-refractivity contribution in [2.45, 2.75) is 64.2 Å². The van der Waals surface area contributed by atoms with Crippen LogP contribution < -0.4 is 9.47 Å². The summed E-state index contributed by atoms with van der Waals surface area (Å²) in [5.74, 6) is 3.98. The van der Waals surface area contributed by atoms with E-state index in [9.17, 15) is 0 Å². The average molecular weight is 435 g/mol. The Hall–Kier alpha value is -2.82. The summed E-state index contributed by atoms with van der Waals surface area (Å²) in [7, 11) is 3.23. The summed E-state index contributed by atoms with van der Waals surface area (Å²) in [4.78, 5) is 4.60. The lowest BCUT2D eigenvalue weighted by atomic mass is 9.77. The Labute approximate surface area is 191 Å². The normalized spacial score (nSPS) is 18.5. The lowest BCUT2D eigenvalue weighted by Gasteiger charge is -2.29. The molecule has 0 saturated heterocycles. The van der Waals surface area contributed by atoms with Crippen LogP contribution in [0.25, 0.3) is 22.8 Å². The number of aromatic nitrogens is 2. The Balaban J connectivity index is 1.40. The summed E-state index contributed by atoms with van der Waals surface area (Å²) in [5, 5.41) is 4.19. The van der Waals surface area contributed by atoms with Gasteiger partial charge in [-0.15, -0.1) is 0 Å². The highest BCUT2D eigenvalue weighted by molar-refractivity contribution is 5.63. The highest BCUT2D eigenvalue weighted by Crippen LogP contribution is 2.38. The van der Waals surface area contributed by atoms with Crippen LogP contribution >= 0.6 is 0 Å². The Kier molecular flexibility index (Phi) is 7.46. The van der Waals surface area contributed by atoms with Gasteiger partial charge in [0.15, 0.2) is 11.5 Å². The minimum atomic E-state index is 0.464. The quantitative estimate of drug-likeness (QED) is 0.331. The van der Waals surface area contributed by atoms with Crippen molar-refractivity contribution in [2.75, 3.05) is 14.2 Å². The van der Waals surface area contributed by atoms with Crippen LogP contribution in [0, 0.1) is 5.92 Å². The van der Waals surface area contributed by atoms with Crippen LogP contribution in [-0.4, -0.2) is 24.4 Å². The zero-order chi connectivity index (χ0) is 22.3. The summed E-state index contributed by atoms with van der Waals surface area (Å²) in [6.07, 6.45) is 10.9. The number of hydrogen-bond acceptors (Lipinski definition) is 5. The largest absolute Gasteiger partial charge is 0.493 e. The van der Waals surface area contributed by atoms with Crippen LogP contribution in [0.15, 0.2) is 47.0 Å². The molecule has 2 aromatic carbocycles. The Morgan fingerprint density at radius 1 is 0.875 bits per heavy atom. The van der Waals surface area contributed by atoms with Gasteiger partial charge in [-0.1, -0.05) is 62.0 Å². The zero-order valence-electron chi connectivity index (χ0n) is 19.5. The predicted octanol–water partition coefficient (Wildman–Crippen LogP) is 7.27. The first kappa shape index (κ1) is 22.4. The van der Waals surface area contributed by atoms with Crippen LogP contribution in [0.5, 0.6) is 11.5 Å². The van der Waals surface area contributed by atoms with Gasteiger partial charge in [0.25, 0.3) is 5.89 Å². The molecule has 0 atom stereocenters. The number of benzene rings is 2. The molecule has 1 heterocycles. The molecule has 1 fully saturated rings. The van der Waals surface area contributed by atoms with Gasteiger partial charge in [-0.2, -0.15) is 4.98 Å². The molecule has 0 spiro atoms. The fourth-order valence-corrected chi connectivity index (χ4v) is 4.80. The van der Waals surface area contributed by atoms with E-state index in [1.54, 1.807) is 14.2 Å². The summed E-state index contributed by atoms with van der Waals surface area (Å²) < 4.78 is 16.2. The molecule has 5 heteroatoms. The minimum Gasteiger partial charge on any atom is -0.493 e. The van der Waals surface area contributed by atoms with E-state index in [1.807, 2.05) is 18.2 Å². The van der Waals surface area contributed by atoms with Crippen LogP contribution in [0.1, 0.15) is 69.8 Å². The van der Waals surface area contributed by atoms with Crippen molar-refractivity contribution in [1.29, 1.82) is 0 Å². The van der Waals surface area contributed by atoms with Gasteiger partial charge < -0.3 is 14.0 Å². The lowest BCUT2D eigenvalue weighted by Crippen LogP contribution is -2.13. The molecule has 0 amide bonds. The Morgan fingerprint density at radius 2 is 1.59 bits per heavy atom. The summed E-state index contributed by atoms with van der Waals surface area (Å²) in [5.41, 5.74) is 3.20. The van der Waals surface area contributed by atoms with E-state index >= 15 is 0 Å². The van der Waals surface area contributed by atoms with Crippen LogP contribution in [0.2, 0.25) is 0 Å². The van der Waals surface area contributed by atoms with Gasteiger partial charge in [0.2, 0.25) is 5.82 Å². The van der Waals surface area contributed by atoms with Crippen LogP contribution in [-0.2, 0) is 0 Å². The SMILES string of the molecule is CCCCCC1CCC(c2ccc(-c3noc(-c4ccc(OC)c(OC)c4)n3)cc2)CC1. The van der Waals surface area contributed by atoms with Gasteiger partial charge >= 0.3 is 0 Å². The highest BCUT2D eigenvalue weighted by Gasteiger charge is 2.22. The molecule has 1 aliphatic rings. The van der Waals surface area contributed by atoms with Crippen molar-refractivity contribution in [3.8, 4) is 34.3 Å². The first-order valence-corrected chi connectivity index (χ1v) is 11.9. The molecular formula is C27H34N2O3. The molecule has 0 unspecified atom stereocenters. The minimum absolute atomic E-state index is 0.464. The van der Waals surface area contributed by atoms with E-state index in [1.165, 1.54) is 56.9 Å². The van der Waals surface area contributed by atoms with Gasteiger partial charge in [-0.05, 0) is 61.3 Å². The second-order valence-corrected chi connectivity index (χ2v) is 8.83. The van der Waals surface area contributed by atoms with Crippen molar-refractivity contribution in [1.82, 2.24) is 10.1 Å². The van der Waals surface area contributed by atoms with Gasteiger partial charge in [0.1, 0.15) is 0 Å². The molecule has 0 N–H and O–H groups in total. The number of unbranched alkanes of at least 4 members (excludes halogenated alkanes) is 2. The fourth-order valence-electron chi connectivity index (χ4n) is 4.80. The summed E-state index contributed by atoms with van der Waals surface area (Å²) in [6.45, 7) is 2.28. The van der Waals surface area contributed by atoms with E-state index in [-0.39, 0.29) is 0 Å². The molecule has 1 aliphatic carbocycles. The third-order valence-corrected chi connectivity index (χ3v) is 6.76. The Bertz CT molecular complexity index is 988. The fraction of sp³-hybridized carbons (Fsp3) is 0.481. The molecule has 0 aliphatic heterocycles. The third kappa shape index (κ3) is 5.14. The number of hydrogen-bond donors (Lipinski definition) is 0. The van der Waals surface area contributed by atoms with Gasteiger partial charge in [0, 0.05) is 11.1 Å². The van der Waals surface area contributed by atoms with Crippen molar-refractivity contribution in [3.63, 3.8) is 0 Å². The standard InChI is InChI=1S/C27H34N2O3/c1-4-5-6-7-19-8-10-20(11-9-19)21-12-14-22(15-13-21)26-28-27(32-29-26)23-16-17-24(30-2)25(18-23)31-3/h12-20H,4-11H2,1-3H3. The second-order valence-electron chi connectivity index (χ2n) is 8.83. The van der Waals surface area contributed by atoms with Crippen molar-refractivity contribution < 1.29 is 14.0 Å². The van der Waals surface area contributed by atoms with Crippen LogP contribution in [0.3, 0.4) is 0 Å². The molecule has 4 rings (SSSR count). The maximum Gasteiger partial charge on any atom is 0.258 e. The zero-order valence-corrected chi connectivity index (χ0v) is 19.5. The Morgan fingerprint density at radius 3 is 2.28 bits per heavy atom. The van der Waals surface area contributed by atoms with Crippen molar-refractivity contribution in [2.24, 2.45) is 5.92 Å². The van der Waals surface area contributed by atoms with Crippen molar-refractivity contribution >= 4 is 0 Å². The smallest absolute Gasteiger partial charge is 0.258 e. The van der Waals surface area contributed by atoms with E-state index < -0.39 is 0 Å². The third-order valence-electron chi connectivity index (χ3n) is 6.76. The van der Waals surface area contributed by atoms with E-state index in [0.29, 0.717) is 29.1 Å². The molecule has 0 radical (unpaired) electrons. The van der Waals surface area contributed by atoms with Crippen LogP contribution in [0.4, 0.5) is 0 Å². The highest BCUT2D eigenvalue weighted by atomic mass is 16.5. The first-order valence-electron chi connectivity index (χ1n) is 11.9. The molecular weight excluding hydrogens is 400 g/mol. The van der Waals surface area contributed by atoms with Crippen molar-refractivity contribution in [3.05, 3.63) is 48.0 Å². The predicted molar refractivity (Wildman–Crippen MR) is 127 cm³/mol. The summed E-state index contributed by atoms with van der Waals surface area (Å²) in [6, 6.07) is 14.3.